The van der Waals surface area contributed by atoms with Gasteiger partial charge in [-0.2, -0.15) is 0 Å². The van der Waals surface area contributed by atoms with Crippen molar-refractivity contribution in [2.45, 2.75) is 64.6 Å². The van der Waals surface area contributed by atoms with E-state index in [-0.39, 0.29) is 47.6 Å². The molecule has 2 fully saturated rings. The van der Waals surface area contributed by atoms with Crippen LogP contribution in [-0.4, -0.2) is 51.0 Å². The van der Waals surface area contributed by atoms with Gasteiger partial charge in [-0.05, 0) is 87.4 Å². The maximum absolute atomic E-state index is 13.3. The van der Waals surface area contributed by atoms with Crippen molar-refractivity contribution in [3.8, 4) is 0 Å². The SMILES string of the molecule is CC(C)n1c(=O)n(CC2CC2)c(=O)c2cc(NC(=O)N3CCC[C@@H](NC(=O)c4ccc5c(c4)CC(=O)N5)C3)ccc21. The highest BCUT2D eigenvalue weighted by Crippen LogP contribution is 2.30. The minimum atomic E-state index is -0.336. The van der Waals surface area contributed by atoms with Crippen molar-refractivity contribution in [3.05, 3.63) is 68.4 Å². The van der Waals surface area contributed by atoms with E-state index in [0.29, 0.717) is 47.7 Å². The molecule has 11 heteroatoms. The van der Waals surface area contributed by atoms with Gasteiger partial charge in [-0.1, -0.05) is 0 Å². The number of piperidine rings is 1. The van der Waals surface area contributed by atoms with Crippen LogP contribution in [-0.2, 0) is 17.8 Å². The molecule has 2 aliphatic heterocycles. The number of hydrogen-bond acceptors (Lipinski definition) is 5. The predicted molar refractivity (Wildman–Crippen MR) is 155 cm³/mol. The number of nitrogens with one attached hydrogen (secondary N) is 3. The highest BCUT2D eigenvalue weighted by Gasteiger charge is 2.28. The summed E-state index contributed by atoms with van der Waals surface area (Å²) in [7, 11) is 0. The largest absolute Gasteiger partial charge is 0.348 e. The van der Waals surface area contributed by atoms with Gasteiger partial charge in [-0.25, -0.2) is 9.59 Å². The molecule has 1 atom stereocenters. The molecule has 0 bridgehead atoms. The van der Waals surface area contributed by atoms with Gasteiger partial charge in [-0.15, -0.1) is 0 Å². The molecule has 11 nitrogen and oxygen atoms in total. The minimum Gasteiger partial charge on any atom is -0.348 e. The van der Waals surface area contributed by atoms with Crippen molar-refractivity contribution < 1.29 is 14.4 Å². The molecule has 1 saturated carbocycles. The summed E-state index contributed by atoms with van der Waals surface area (Å²) in [5, 5.41) is 9.09. The summed E-state index contributed by atoms with van der Waals surface area (Å²) in [4.78, 5) is 65.9. The van der Waals surface area contributed by atoms with Gasteiger partial charge in [0.25, 0.3) is 11.5 Å². The average Bonchev–Trinajstić information content (AvgIpc) is 3.69. The molecule has 1 aromatic heterocycles. The Morgan fingerprint density at radius 1 is 1.05 bits per heavy atom. The lowest BCUT2D eigenvalue weighted by Crippen LogP contribution is -2.50. The number of carbonyl (C=O) groups is 3. The molecule has 3 N–H and O–H groups in total. The summed E-state index contributed by atoms with van der Waals surface area (Å²) < 4.78 is 2.97. The second-order valence-electron chi connectivity index (χ2n) is 11.6. The number of likely N-dealkylation sites (tertiary alicyclic amines) is 1. The summed E-state index contributed by atoms with van der Waals surface area (Å²) in [6, 6.07) is 9.55. The molecule has 0 unspecified atom stereocenters. The molecule has 3 heterocycles. The molecular formula is C30H34N6O5. The molecule has 2 aromatic carbocycles. The maximum atomic E-state index is 13.3. The van der Waals surface area contributed by atoms with Crippen LogP contribution in [0.5, 0.6) is 0 Å². The third kappa shape index (κ3) is 5.36. The van der Waals surface area contributed by atoms with Gasteiger partial charge in [0.1, 0.15) is 0 Å². The lowest BCUT2D eigenvalue weighted by Gasteiger charge is -2.33. The van der Waals surface area contributed by atoms with Crippen LogP contribution in [0.1, 0.15) is 61.5 Å². The van der Waals surface area contributed by atoms with Crippen LogP contribution in [0.15, 0.2) is 46.0 Å². The fourth-order valence-electron chi connectivity index (χ4n) is 5.80. The van der Waals surface area contributed by atoms with E-state index >= 15 is 0 Å². The molecule has 6 rings (SSSR count). The summed E-state index contributed by atoms with van der Waals surface area (Å²) in [6.07, 6.45) is 3.76. The Morgan fingerprint density at radius 2 is 1.85 bits per heavy atom. The molecule has 3 aliphatic rings. The molecule has 0 radical (unpaired) electrons. The van der Waals surface area contributed by atoms with Crippen LogP contribution in [0.3, 0.4) is 0 Å². The summed E-state index contributed by atoms with van der Waals surface area (Å²) in [5.74, 6) is 0.0292. The van der Waals surface area contributed by atoms with E-state index in [4.69, 9.17) is 0 Å². The zero-order valence-electron chi connectivity index (χ0n) is 23.2. The number of nitrogens with zero attached hydrogens (tertiary/aromatic N) is 3. The monoisotopic (exact) mass is 558 g/mol. The smallest absolute Gasteiger partial charge is 0.331 e. The van der Waals surface area contributed by atoms with E-state index < -0.39 is 0 Å². The first-order valence-corrected chi connectivity index (χ1v) is 14.3. The zero-order valence-corrected chi connectivity index (χ0v) is 23.2. The van der Waals surface area contributed by atoms with Crippen molar-refractivity contribution in [2.75, 3.05) is 23.7 Å². The number of carbonyl (C=O) groups excluding carboxylic acids is 3. The third-order valence-electron chi connectivity index (χ3n) is 8.11. The van der Waals surface area contributed by atoms with Gasteiger partial charge in [0.2, 0.25) is 5.91 Å². The van der Waals surface area contributed by atoms with Crippen molar-refractivity contribution in [1.82, 2.24) is 19.4 Å². The number of rotatable bonds is 6. The van der Waals surface area contributed by atoms with Gasteiger partial charge >= 0.3 is 11.7 Å². The van der Waals surface area contributed by atoms with Crippen LogP contribution in [0, 0.1) is 5.92 Å². The first-order valence-electron chi connectivity index (χ1n) is 14.3. The molecule has 41 heavy (non-hydrogen) atoms. The quantitative estimate of drug-likeness (QED) is 0.428. The van der Waals surface area contributed by atoms with Gasteiger partial charge in [0.15, 0.2) is 0 Å². The van der Waals surface area contributed by atoms with E-state index in [0.717, 1.165) is 36.9 Å². The first-order chi connectivity index (χ1) is 19.7. The zero-order chi connectivity index (χ0) is 28.8. The molecule has 4 amide bonds. The Kier molecular flexibility index (Phi) is 6.88. The van der Waals surface area contributed by atoms with Crippen molar-refractivity contribution >= 4 is 40.1 Å². The molecule has 1 saturated heterocycles. The Bertz CT molecular complexity index is 1690. The van der Waals surface area contributed by atoms with Crippen molar-refractivity contribution in [1.29, 1.82) is 0 Å². The summed E-state index contributed by atoms with van der Waals surface area (Å²) >= 11 is 0. The highest BCUT2D eigenvalue weighted by molar-refractivity contribution is 6.01. The number of benzene rings is 2. The first kappa shape index (κ1) is 26.8. The number of fused-ring (bicyclic) bond motifs is 2. The Labute approximate surface area is 236 Å². The van der Waals surface area contributed by atoms with E-state index in [1.165, 1.54) is 4.57 Å². The van der Waals surface area contributed by atoms with Gasteiger partial charge in [0.05, 0.1) is 17.3 Å². The van der Waals surface area contributed by atoms with Crippen LogP contribution in [0.4, 0.5) is 16.2 Å². The normalized spacial score (nSPS) is 18.4. The van der Waals surface area contributed by atoms with Crippen LogP contribution in [0.2, 0.25) is 0 Å². The van der Waals surface area contributed by atoms with Crippen LogP contribution < -0.4 is 27.2 Å². The standard InChI is InChI=1S/C30H34N6O5/c1-17(2)36-25-10-8-21(14-23(25)28(39)35(30(36)41)15-18-5-6-18)32-29(40)34-11-3-4-22(16-34)31-27(38)19-7-9-24-20(12-19)13-26(37)33-24/h7-10,12,14,17-18,22H,3-6,11,13,15-16H2,1-2H3,(H,31,38)(H,32,40)(H,33,37)/t22-/m1/s1. The van der Waals surface area contributed by atoms with E-state index in [9.17, 15) is 24.0 Å². The molecule has 214 valence electrons. The highest BCUT2D eigenvalue weighted by atomic mass is 16.2. The van der Waals surface area contributed by atoms with Crippen molar-refractivity contribution in [3.63, 3.8) is 0 Å². The number of urea groups is 1. The maximum Gasteiger partial charge on any atom is 0.331 e. The number of aromatic nitrogens is 2. The van der Waals surface area contributed by atoms with E-state index in [2.05, 4.69) is 16.0 Å². The lowest BCUT2D eigenvalue weighted by molar-refractivity contribution is -0.115. The van der Waals surface area contributed by atoms with Crippen LogP contribution in [0.25, 0.3) is 10.9 Å². The van der Waals surface area contributed by atoms with Crippen LogP contribution >= 0.6 is 0 Å². The molecular weight excluding hydrogens is 524 g/mol. The number of amides is 4. The van der Waals surface area contributed by atoms with Gasteiger partial charge in [-0.3, -0.25) is 23.5 Å². The van der Waals surface area contributed by atoms with Crippen molar-refractivity contribution in [2.24, 2.45) is 5.92 Å². The predicted octanol–water partition coefficient (Wildman–Crippen LogP) is 3.08. The fraction of sp³-hybridized carbons (Fsp3) is 0.433. The molecule has 3 aromatic rings. The second kappa shape index (κ2) is 10.5. The summed E-state index contributed by atoms with van der Waals surface area (Å²) in [5.41, 5.74) is 2.39. The third-order valence-corrected chi connectivity index (χ3v) is 8.11. The number of hydrogen-bond donors (Lipinski definition) is 3. The minimum absolute atomic E-state index is 0.0869. The lowest BCUT2D eigenvalue weighted by atomic mass is 10.0. The second-order valence-corrected chi connectivity index (χ2v) is 11.6. The van der Waals surface area contributed by atoms with Gasteiger partial charge in [0, 0.05) is 48.7 Å². The topological polar surface area (TPSA) is 135 Å². The van der Waals surface area contributed by atoms with Gasteiger partial charge < -0.3 is 20.9 Å². The Hall–Kier alpha value is -4.41. The van der Waals surface area contributed by atoms with E-state index in [1.54, 1.807) is 45.9 Å². The Balaban J connectivity index is 1.16. The molecule has 1 aliphatic carbocycles. The number of anilines is 2. The average molecular weight is 559 g/mol. The molecule has 0 spiro atoms. The summed E-state index contributed by atoms with van der Waals surface area (Å²) in [6.45, 7) is 5.13. The van der Waals surface area contributed by atoms with E-state index in [1.807, 2.05) is 13.8 Å². The fourth-order valence-corrected chi connectivity index (χ4v) is 5.80. The Morgan fingerprint density at radius 3 is 2.61 bits per heavy atom.